The van der Waals surface area contributed by atoms with Gasteiger partial charge in [-0.15, -0.1) is 0 Å². The summed E-state index contributed by atoms with van der Waals surface area (Å²) >= 11 is 13.6. The standard InChI is InChI=1S/C54H55Cl2FN8O4/c1-36-7-4-11-43(33-36)58-35-50(67)60-41-17-15-38(16-18-41)39-25-27-64(28-26-39)54(69)62-52-46(55)24-23-45(51(52)56)40-10-5-8-37(34-40)9-6-14-49(66)59-42-19-21-44(22-20-42)63-29-31-65(32-30-63)53(68)61-48-13-3-2-12-47(48)57/h2-5,7-8,10-13,15-24,33-34,39,58H,6,9,14,25-32,35H2,1H3,(H,59,66)(H,60,67)(H,61,68)(H,62,69). The fraction of sp³-hybridized carbons (Fsp3) is 0.259. The van der Waals surface area contributed by atoms with Gasteiger partial charge in [-0.25, -0.2) is 14.0 Å². The Morgan fingerprint density at radius 1 is 0.638 bits per heavy atom. The van der Waals surface area contributed by atoms with Gasteiger partial charge in [-0.3, -0.25) is 9.59 Å². The molecule has 0 radical (unpaired) electrons. The summed E-state index contributed by atoms with van der Waals surface area (Å²) in [5, 5.41) is 15.4. The molecule has 0 aromatic heterocycles. The first-order valence-electron chi connectivity index (χ1n) is 23.2. The summed E-state index contributed by atoms with van der Waals surface area (Å²) in [6.07, 6.45) is 3.20. The zero-order valence-corrected chi connectivity index (χ0v) is 39.9. The minimum atomic E-state index is -0.472. The number of aryl methyl sites for hydroxylation is 2. The van der Waals surface area contributed by atoms with E-state index in [0.717, 1.165) is 57.7 Å². The summed E-state index contributed by atoms with van der Waals surface area (Å²) in [4.78, 5) is 57.4. The molecular formula is C54H55Cl2FN8O4. The van der Waals surface area contributed by atoms with Crippen LogP contribution >= 0.6 is 23.2 Å². The molecule has 12 nitrogen and oxygen atoms in total. The van der Waals surface area contributed by atoms with Crippen molar-refractivity contribution in [1.82, 2.24) is 9.80 Å². The summed E-state index contributed by atoms with van der Waals surface area (Å²) in [6.45, 7) is 5.53. The highest BCUT2D eigenvalue weighted by Crippen LogP contribution is 2.40. The molecule has 0 bridgehead atoms. The van der Waals surface area contributed by atoms with Crippen LogP contribution in [0.2, 0.25) is 10.0 Å². The molecule has 0 atom stereocenters. The van der Waals surface area contributed by atoms with E-state index in [0.29, 0.717) is 80.0 Å². The molecule has 2 fully saturated rings. The molecule has 0 aliphatic carbocycles. The first kappa shape index (κ1) is 48.4. The van der Waals surface area contributed by atoms with Crippen LogP contribution in [0.1, 0.15) is 48.3 Å². The molecular weight excluding hydrogens is 915 g/mol. The quantitative estimate of drug-likeness (QED) is 0.0737. The fourth-order valence-electron chi connectivity index (χ4n) is 8.72. The Hall–Kier alpha value is -7.09. The van der Waals surface area contributed by atoms with Gasteiger partial charge < -0.3 is 41.3 Å². The van der Waals surface area contributed by atoms with Gasteiger partial charge in [0, 0.05) is 74.0 Å². The Balaban J connectivity index is 0.765. The maximum Gasteiger partial charge on any atom is 0.322 e. The van der Waals surface area contributed by atoms with Crippen LogP contribution in [0.4, 0.5) is 48.1 Å². The molecule has 69 heavy (non-hydrogen) atoms. The van der Waals surface area contributed by atoms with Crippen molar-refractivity contribution in [3.63, 3.8) is 0 Å². The molecule has 2 saturated heterocycles. The number of benzene rings is 6. The van der Waals surface area contributed by atoms with Crippen molar-refractivity contribution in [1.29, 1.82) is 0 Å². The smallest absolute Gasteiger partial charge is 0.322 e. The minimum absolute atomic E-state index is 0.0851. The van der Waals surface area contributed by atoms with Gasteiger partial charge in [0.25, 0.3) is 0 Å². The van der Waals surface area contributed by atoms with Gasteiger partial charge in [0.05, 0.1) is 28.0 Å². The summed E-state index contributed by atoms with van der Waals surface area (Å²) in [5.74, 6) is -0.409. The van der Waals surface area contributed by atoms with Gasteiger partial charge in [0.1, 0.15) is 5.82 Å². The molecule has 356 valence electrons. The van der Waals surface area contributed by atoms with Crippen LogP contribution in [0.15, 0.2) is 133 Å². The van der Waals surface area contributed by atoms with Crippen molar-refractivity contribution >= 4 is 81.2 Å². The number of likely N-dealkylation sites (tertiary alicyclic amines) is 1. The molecule has 6 aromatic carbocycles. The largest absolute Gasteiger partial charge is 0.376 e. The predicted molar refractivity (Wildman–Crippen MR) is 276 cm³/mol. The number of amides is 6. The van der Waals surface area contributed by atoms with Crippen LogP contribution in [0, 0.1) is 12.7 Å². The second-order valence-electron chi connectivity index (χ2n) is 17.4. The average molecular weight is 970 g/mol. The highest BCUT2D eigenvalue weighted by Gasteiger charge is 2.26. The van der Waals surface area contributed by atoms with E-state index in [1.807, 2.05) is 110 Å². The van der Waals surface area contributed by atoms with Gasteiger partial charge in [-0.1, -0.05) is 89.9 Å². The third-order valence-corrected chi connectivity index (χ3v) is 13.3. The van der Waals surface area contributed by atoms with Crippen molar-refractivity contribution < 1.29 is 23.6 Å². The Kier molecular flexibility index (Phi) is 16.0. The van der Waals surface area contributed by atoms with Crippen LogP contribution in [0.3, 0.4) is 0 Å². The number of hydrogen-bond donors (Lipinski definition) is 5. The highest BCUT2D eigenvalue weighted by atomic mass is 35.5. The molecule has 15 heteroatoms. The van der Waals surface area contributed by atoms with Gasteiger partial charge in [0.15, 0.2) is 0 Å². The first-order chi connectivity index (χ1) is 33.4. The number of carbonyl (C=O) groups is 4. The van der Waals surface area contributed by atoms with Crippen molar-refractivity contribution in [3.8, 4) is 11.1 Å². The van der Waals surface area contributed by atoms with E-state index in [2.05, 4.69) is 31.5 Å². The van der Waals surface area contributed by atoms with E-state index in [1.54, 1.807) is 28.0 Å². The van der Waals surface area contributed by atoms with Gasteiger partial charge in [-0.05, 0) is 128 Å². The second-order valence-corrected chi connectivity index (χ2v) is 18.2. The number of halogens is 3. The van der Waals surface area contributed by atoms with Crippen molar-refractivity contribution in [2.24, 2.45) is 0 Å². The predicted octanol–water partition coefficient (Wildman–Crippen LogP) is 11.9. The number of anilines is 6. The molecule has 5 N–H and O–H groups in total. The number of carbonyl (C=O) groups excluding carboxylic acids is 4. The van der Waals surface area contributed by atoms with E-state index < -0.39 is 5.82 Å². The van der Waals surface area contributed by atoms with Crippen molar-refractivity contribution in [2.45, 2.75) is 44.9 Å². The molecule has 6 aromatic rings. The topological polar surface area (TPSA) is 138 Å². The van der Waals surface area contributed by atoms with E-state index in [1.165, 1.54) is 12.1 Å². The number of urea groups is 2. The zero-order valence-electron chi connectivity index (χ0n) is 38.4. The number of nitrogens with zero attached hydrogens (tertiary/aromatic N) is 3. The molecule has 0 spiro atoms. The lowest BCUT2D eigenvalue weighted by Crippen LogP contribution is -2.50. The Morgan fingerprint density at radius 2 is 1.30 bits per heavy atom. The molecule has 2 heterocycles. The summed E-state index contributed by atoms with van der Waals surface area (Å²) in [6, 6.07) is 40.5. The first-order valence-corrected chi connectivity index (χ1v) is 24.0. The molecule has 2 aliphatic rings. The van der Waals surface area contributed by atoms with Gasteiger partial charge in [-0.2, -0.15) is 0 Å². The van der Waals surface area contributed by atoms with Gasteiger partial charge in [0.2, 0.25) is 11.8 Å². The van der Waals surface area contributed by atoms with E-state index in [-0.39, 0.29) is 42.0 Å². The van der Waals surface area contributed by atoms with E-state index >= 15 is 0 Å². The maximum atomic E-state index is 14.0. The lowest BCUT2D eigenvalue weighted by Gasteiger charge is -2.36. The van der Waals surface area contributed by atoms with Crippen molar-refractivity contribution in [2.75, 3.05) is 77.3 Å². The number of piperidine rings is 1. The number of hydrogen-bond acceptors (Lipinski definition) is 6. The van der Waals surface area contributed by atoms with Crippen LogP contribution in [-0.4, -0.2) is 79.5 Å². The summed E-state index contributed by atoms with van der Waals surface area (Å²) < 4.78 is 14.0. The fourth-order valence-corrected chi connectivity index (χ4v) is 9.30. The zero-order chi connectivity index (χ0) is 48.3. The number of para-hydroxylation sites is 1. The highest BCUT2D eigenvalue weighted by molar-refractivity contribution is 6.41. The Labute approximate surface area is 412 Å². The Bertz CT molecular complexity index is 2780. The minimum Gasteiger partial charge on any atom is -0.376 e. The van der Waals surface area contributed by atoms with Crippen molar-refractivity contribution in [3.05, 3.63) is 166 Å². The van der Waals surface area contributed by atoms with Crippen LogP contribution in [0.25, 0.3) is 11.1 Å². The lowest BCUT2D eigenvalue weighted by molar-refractivity contribution is -0.116. The second kappa shape index (κ2) is 22.8. The summed E-state index contributed by atoms with van der Waals surface area (Å²) in [7, 11) is 0. The number of nitrogens with one attached hydrogen (secondary N) is 5. The lowest BCUT2D eigenvalue weighted by atomic mass is 9.89. The van der Waals surface area contributed by atoms with Crippen LogP contribution in [-0.2, 0) is 16.0 Å². The molecule has 2 aliphatic heterocycles. The van der Waals surface area contributed by atoms with E-state index in [4.69, 9.17) is 23.2 Å². The van der Waals surface area contributed by atoms with Crippen LogP contribution in [0.5, 0.6) is 0 Å². The molecule has 6 amide bonds. The SMILES string of the molecule is Cc1cccc(NCC(=O)Nc2ccc(C3CCN(C(=O)Nc4c(Cl)ccc(-c5cccc(CCCC(=O)Nc6ccc(N7CCN(C(=O)Nc8ccccc8F)CC7)cc6)c5)c4Cl)CC3)cc2)c1. The molecule has 0 saturated carbocycles. The normalized spacial score (nSPS) is 13.9. The number of piperazine rings is 1. The monoisotopic (exact) mass is 968 g/mol. The molecule has 8 rings (SSSR count). The third-order valence-electron chi connectivity index (χ3n) is 12.5. The number of rotatable bonds is 14. The van der Waals surface area contributed by atoms with Crippen LogP contribution < -0.4 is 31.5 Å². The Morgan fingerprint density at radius 3 is 2.03 bits per heavy atom. The summed E-state index contributed by atoms with van der Waals surface area (Å²) in [5.41, 5.74) is 8.76. The average Bonchev–Trinajstić information content (AvgIpc) is 3.36. The van der Waals surface area contributed by atoms with Gasteiger partial charge >= 0.3 is 12.1 Å². The van der Waals surface area contributed by atoms with E-state index in [9.17, 15) is 23.6 Å². The maximum absolute atomic E-state index is 14.0. The third kappa shape index (κ3) is 12.9. The molecule has 0 unspecified atom stereocenters.